The van der Waals surface area contributed by atoms with Gasteiger partial charge in [-0.2, -0.15) is 13.2 Å². The first-order valence-corrected chi connectivity index (χ1v) is 8.29. The predicted molar refractivity (Wildman–Crippen MR) is 89.1 cm³/mol. The van der Waals surface area contributed by atoms with Gasteiger partial charge in [0, 0.05) is 4.88 Å². The molecule has 0 unspecified atom stereocenters. The second-order valence-corrected chi connectivity index (χ2v) is 6.47. The summed E-state index contributed by atoms with van der Waals surface area (Å²) in [6, 6.07) is 10.9. The van der Waals surface area contributed by atoms with Gasteiger partial charge in [0.05, 0.1) is 28.8 Å². The largest absolute Gasteiger partial charge is 0.461 e. The smallest absolute Gasteiger partial charge is 0.417 e. The Morgan fingerprint density at radius 1 is 1.04 bits per heavy atom. The number of carbonyl (C=O) groups excluding carboxylic acids is 2. The molecule has 2 heterocycles. The Morgan fingerprint density at radius 2 is 1.81 bits per heavy atom. The first-order chi connectivity index (χ1) is 12.4. The van der Waals surface area contributed by atoms with Crippen LogP contribution in [0.3, 0.4) is 0 Å². The molecule has 2 aromatic heterocycles. The number of halogens is 3. The van der Waals surface area contributed by atoms with Gasteiger partial charge in [0.1, 0.15) is 0 Å². The predicted octanol–water partition coefficient (Wildman–Crippen LogP) is 4.52. The Morgan fingerprint density at radius 3 is 2.50 bits per heavy atom. The lowest BCUT2D eigenvalue weighted by atomic mass is 10.1. The lowest BCUT2D eigenvalue weighted by molar-refractivity contribution is -0.137. The second kappa shape index (κ2) is 7.17. The highest BCUT2D eigenvalue weighted by atomic mass is 32.1. The molecule has 0 bridgehead atoms. The Labute approximate surface area is 150 Å². The molecule has 0 spiro atoms. The van der Waals surface area contributed by atoms with Crippen molar-refractivity contribution in [1.82, 2.24) is 5.32 Å². The SMILES string of the molecule is O=C(c1ccco1)c1ccc(CNC(=O)c2ccccc2C(F)(F)F)s1. The third-order valence-electron chi connectivity index (χ3n) is 3.53. The molecule has 1 N–H and O–H groups in total. The lowest BCUT2D eigenvalue weighted by Gasteiger charge is -2.12. The number of carbonyl (C=O) groups is 2. The lowest BCUT2D eigenvalue weighted by Crippen LogP contribution is -2.25. The van der Waals surface area contributed by atoms with Gasteiger partial charge < -0.3 is 9.73 Å². The van der Waals surface area contributed by atoms with Crippen molar-refractivity contribution in [3.8, 4) is 0 Å². The van der Waals surface area contributed by atoms with Crippen LogP contribution in [-0.2, 0) is 12.7 Å². The summed E-state index contributed by atoms with van der Waals surface area (Å²) in [4.78, 5) is 25.3. The van der Waals surface area contributed by atoms with Gasteiger partial charge in [-0.25, -0.2) is 0 Å². The van der Waals surface area contributed by atoms with Gasteiger partial charge in [-0.15, -0.1) is 11.3 Å². The molecule has 3 aromatic rings. The Balaban J connectivity index is 1.69. The summed E-state index contributed by atoms with van der Waals surface area (Å²) in [5.74, 6) is -0.924. The molecule has 3 rings (SSSR count). The van der Waals surface area contributed by atoms with Gasteiger partial charge in [-0.1, -0.05) is 12.1 Å². The number of ketones is 1. The molecule has 1 amide bonds. The molecule has 0 aliphatic carbocycles. The fraction of sp³-hybridized carbons (Fsp3) is 0.111. The topological polar surface area (TPSA) is 59.3 Å². The van der Waals surface area contributed by atoms with Crippen molar-refractivity contribution >= 4 is 23.0 Å². The van der Waals surface area contributed by atoms with Crippen molar-refractivity contribution in [3.63, 3.8) is 0 Å². The summed E-state index contributed by atoms with van der Waals surface area (Å²) in [6.45, 7) is 0.0150. The van der Waals surface area contributed by atoms with Crippen molar-refractivity contribution in [2.45, 2.75) is 12.7 Å². The van der Waals surface area contributed by atoms with Crippen LogP contribution < -0.4 is 5.32 Å². The minimum absolute atomic E-state index is 0.0150. The number of amides is 1. The number of rotatable bonds is 5. The number of hydrogen-bond donors (Lipinski definition) is 1. The van der Waals surface area contributed by atoms with Crippen LogP contribution in [0, 0.1) is 0 Å². The highest BCUT2D eigenvalue weighted by Crippen LogP contribution is 2.31. The molecule has 0 saturated carbocycles. The van der Waals surface area contributed by atoms with E-state index < -0.39 is 23.2 Å². The van der Waals surface area contributed by atoms with Crippen molar-refractivity contribution in [2.24, 2.45) is 0 Å². The first-order valence-electron chi connectivity index (χ1n) is 7.47. The van der Waals surface area contributed by atoms with Gasteiger partial charge in [0.2, 0.25) is 5.78 Å². The maximum Gasteiger partial charge on any atom is 0.417 e. The van der Waals surface area contributed by atoms with Crippen LogP contribution in [0.5, 0.6) is 0 Å². The van der Waals surface area contributed by atoms with E-state index in [1.54, 1.807) is 18.2 Å². The van der Waals surface area contributed by atoms with E-state index in [2.05, 4.69) is 5.32 Å². The van der Waals surface area contributed by atoms with Crippen molar-refractivity contribution in [1.29, 1.82) is 0 Å². The standard InChI is InChI=1S/C18H12F3NO3S/c19-18(20,21)13-5-2-1-4-12(13)17(24)22-10-11-7-8-15(26-11)16(23)14-6-3-9-25-14/h1-9H,10H2,(H,22,24). The summed E-state index contributed by atoms with van der Waals surface area (Å²) >= 11 is 1.14. The average molecular weight is 379 g/mol. The molecule has 0 aliphatic rings. The van der Waals surface area contributed by atoms with Crippen LogP contribution in [0.4, 0.5) is 13.2 Å². The number of hydrogen-bond acceptors (Lipinski definition) is 4. The number of benzene rings is 1. The van der Waals surface area contributed by atoms with E-state index in [9.17, 15) is 22.8 Å². The molecule has 0 radical (unpaired) electrons. The number of furan rings is 1. The molecule has 0 aliphatic heterocycles. The minimum Gasteiger partial charge on any atom is -0.461 e. The summed E-state index contributed by atoms with van der Waals surface area (Å²) in [6.07, 6.45) is -3.22. The van der Waals surface area contributed by atoms with Crippen LogP contribution in [0.25, 0.3) is 0 Å². The maximum atomic E-state index is 13.0. The van der Waals surface area contributed by atoms with E-state index in [1.807, 2.05) is 0 Å². The van der Waals surface area contributed by atoms with Gasteiger partial charge in [0.25, 0.3) is 5.91 Å². The molecular formula is C18H12F3NO3S. The molecule has 1 aromatic carbocycles. The van der Waals surface area contributed by atoms with Gasteiger partial charge in [-0.3, -0.25) is 9.59 Å². The highest BCUT2D eigenvalue weighted by Gasteiger charge is 2.34. The quantitative estimate of drug-likeness (QED) is 0.663. The van der Waals surface area contributed by atoms with Crippen LogP contribution in [-0.4, -0.2) is 11.7 Å². The van der Waals surface area contributed by atoms with Gasteiger partial charge in [-0.05, 0) is 36.4 Å². The van der Waals surface area contributed by atoms with Crippen LogP contribution in [0.15, 0.2) is 59.2 Å². The zero-order valence-corrected chi connectivity index (χ0v) is 14.0. The molecule has 0 fully saturated rings. The van der Waals surface area contributed by atoms with Crippen LogP contribution in [0.1, 0.15) is 36.2 Å². The third-order valence-corrected chi connectivity index (χ3v) is 4.61. The van der Waals surface area contributed by atoms with Crippen molar-refractivity contribution in [2.75, 3.05) is 0 Å². The number of alkyl halides is 3. The normalized spacial score (nSPS) is 11.3. The second-order valence-electron chi connectivity index (χ2n) is 5.30. The monoisotopic (exact) mass is 379 g/mol. The number of thiophene rings is 1. The van der Waals surface area contributed by atoms with E-state index in [0.717, 1.165) is 23.5 Å². The Bertz CT molecular complexity index is 929. The molecule has 0 saturated heterocycles. The molecule has 0 atom stereocenters. The zero-order chi connectivity index (χ0) is 18.7. The van der Waals surface area contributed by atoms with E-state index in [1.165, 1.54) is 24.5 Å². The summed E-state index contributed by atoms with van der Waals surface area (Å²) in [5.41, 5.74) is -1.43. The summed E-state index contributed by atoms with van der Waals surface area (Å²) in [5, 5.41) is 2.45. The third kappa shape index (κ3) is 3.85. The van der Waals surface area contributed by atoms with E-state index in [-0.39, 0.29) is 18.1 Å². The van der Waals surface area contributed by atoms with Crippen molar-refractivity contribution < 1.29 is 27.2 Å². The Hall–Kier alpha value is -2.87. The van der Waals surface area contributed by atoms with E-state index in [4.69, 9.17) is 4.42 Å². The van der Waals surface area contributed by atoms with Crippen LogP contribution in [0.2, 0.25) is 0 Å². The summed E-state index contributed by atoms with van der Waals surface area (Å²) < 4.78 is 44.0. The number of nitrogens with one attached hydrogen (secondary N) is 1. The fourth-order valence-electron chi connectivity index (χ4n) is 2.32. The molecule has 26 heavy (non-hydrogen) atoms. The van der Waals surface area contributed by atoms with Gasteiger partial charge in [0.15, 0.2) is 5.76 Å². The van der Waals surface area contributed by atoms with E-state index in [0.29, 0.717) is 9.75 Å². The molecule has 134 valence electrons. The minimum atomic E-state index is -4.61. The van der Waals surface area contributed by atoms with Gasteiger partial charge >= 0.3 is 6.18 Å². The average Bonchev–Trinajstić information content (AvgIpc) is 3.30. The molecule has 4 nitrogen and oxygen atoms in total. The highest BCUT2D eigenvalue weighted by molar-refractivity contribution is 7.14. The van der Waals surface area contributed by atoms with Crippen LogP contribution >= 0.6 is 11.3 Å². The maximum absolute atomic E-state index is 13.0. The van der Waals surface area contributed by atoms with E-state index >= 15 is 0 Å². The molecule has 8 heteroatoms. The summed E-state index contributed by atoms with van der Waals surface area (Å²) in [7, 11) is 0. The molecular weight excluding hydrogens is 367 g/mol. The fourth-order valence-corrected chi connectivity index (χ4v) is 3.21. The first kappa shape index (κ1) is 17.9. The van der Waals surface area contributed by atoms with Crippen molar-refractivity contribution in [3.05, 3.63) is 81.4 Å². The Kier molecular flexibility index (Phi) is 4.94. The zero-order valence-electron chi connectivity index (χ0n) is 13.2.